The van der Waals surface area contributed by atoms with Gasteiger partial charge in [0, 0.05) is 12.5 Å². The first-order valence-electron chi connectivity index (χ1n) is 7.41. The average molecular weight is 275 g/mol. The lowest BCUT2D eigenvalue weighted by Crippen LogP contribution is -2.33. The highest BCUT2D eigenvalue weighted by atomic mass is 16.5. The van der Waals surface area contributed by atoms with Gasteiger partial charge < -0.3 is 10.1 Å². The van der Waals surface area contributed by atoms with Crippen LogP contribution >= 0.6 is 0 Å². The lowest BCUT2D eigenvalue weighted by atomic mass is 9.92. The first kappa shape index (κ1) is 14.9. The number of hydrogen-bond acceptors (Lipinski definition) is 2. The fraction of sp³-hybridized carbons (Fsp3) is 0.588. The summed E-state index contributed by atoms with van der Waals surface area (Å²) >= 11 is 0. The molecule has 1 aromatic carbocycles. The molecule has 110 valence electrons. The summed E-state index contributed by atoms with van der Waals surface area (Å²) in [5, 5.41) is 3.16. The standard InChI is InChI=1S/C17H25NO2/c1-17(2)11-10-14(12-17)18-16(19)9-6-13-4-7-15(20-3)8-5-13/h4-5,7-8,14H,6,9-12H2,1-3H3,(H,18,19). The second-order valence-corrected chi connectivity index (χ2v) is 6.52. The Morgan fingerprint density at radius 1 is 1.35 bits per heavy atom. The maximum absolute atomic E-state index is 12.0. The van der Waals surface area contributed by atoms with Crippen molar-refractivity contribution in [3.63, 3.8) is 0 Å². The maximum atomic E-state index is 12.0. The number of aryl methyl sites for hydroxylation is 1. The molecule has 0 heterocycles. The number of nitrogens with one attached hydrogen (secondary N) is 1. The molecule has 1 saturated carbocycles. The highest BCUT2D eigenvalue weighted by molar-refractivity contribution is 5.76. The molecule has 1 aliphatic rings. The van der Waals surface area contributed by atoms with Gasteiger partial charge in [-0.25, -0.2) is 0 Å². The predicted octanol–water partition coefficient (Wildman–Crippen LogP) is 3.32. The van der Waals surface area contributed by atoms with E-state index < -0.39 is 0 Å². The van der Waals surface area contributed by atoms with Crippen molar-refractivity contribution >= 4 is 5.91 Å². The van der Waals surface area contributed by atoms with Crippen molar-refractivity contribution < 1.29 is 9.53 Å². The van der Waals surface area contributed by atoms with Crippen LogP contribution in [0.15, 0.2) is 24.3 Å². The summed E-state index contributed by atoms with van der Waals surface area (Å²) in [5.41, 5.74) is 1.56. The first-order valence-corrected chi connectivity index (χ1v) is 7.41. The van der Waals surface area contributed by atoms with Gasteiger partial charge in [0.25, 0.3) is 0 Å². The number of carbonyl (C=O) groups excluding carboxylic acids is 1. The molecule has 0 aromatic heterocycles. The number of amides is 1. The third-order valence-electron chi connectivity index (χ3n) is 4.13. The van der Waals surface area contributed by atoms with Crippen LogP contribution in [0.3, 0.4) is 0 Å². The first-order chi connectivity index (χ1) is 9.48. The van der Waals surface area contributed by atoms with E-state index in [4.69, 9.17) is 4.74 Å². The summed E-state index contributed by atoms with van der Waals surface area (Å²) in [4.78, 5) is 12.0. The molecular formula is C17H25NO2. The third-order valence-corrected chi connectivity index (χ3v) is 4.13. The summed E-state index contributed by atoms with van der Waals surface area (Å²) in [6, 6.07) is 8.28. The van der Waals surface area contributed by atoms with E-state index in [-0.39, 0.29) is 5.91 Å². The van der Waals surface area contributed by atoms with Crippen molar-refractivity contribution in [2.75, 3.05) is 7.11 Å². The molecule has 1 unspecified atom stereocenters. The molecule has 0 bridgehead atoms. The third kappa shape index (κ3) is 4.26. The highest BCUT2D eigenvalue weighted by Gasteiger charge is 2.31. The predicted molar refractivity (Wildman–Crippen MR) is 80.9 cm³/mol. The molecule has 1 N–H and O–H groups in total. The van der Waals surface area contributed by atoms with E-state index >= 15 is 0 Å². The van der Waals surface area contributed by atoms with Crippen LogP contribution in [-0.4, -0.2) is 19.1 Å². The molecule has 0 aliphatic heterocycles. The van der Waals surface area contributed by atoms with Crippen LogP contribution < -0.4 is 10.1 Å². The van der Waals surface area contributed by atoms with Crippen LogP contribution in [0.25, 0.3) is 0 Å². The minimum atomic E-state index is 0.170. The van der Waals surface area contributed by atoms with Crippen LogP contribution in [0, 0.1) is 5.41 Å². The van der Waals surface area contributed by atoms with E-state index in [2.05, 4.69) is 19.2 Å². The van der Waals surface area contributed by atoms with Crippen LogP contribution in [0.5, 0.6) is 5.75 Å². The van der Waals surface area contributed by atoms with Crippen molar-refractivity contribution in [2.24, 2.45) is 5.41 Å². The lowest BCUT2D eigenvalue weighted by Gasteiger charge is -2.17. The van der Waals surface area contributed by atoms with Crippen LogP contribution in [0.4, 0.5) is 0 Å². The zero-order valence-corrected chi connectivity index (χ0v) is 12.7. The van der Waals surface area contributed by atoms with E-state index in [9.17, 15) is 4.79 Å². The molecule has 1 aliphatic carbocycles. The van der Waals surface area contributed by atoms with Crippen molar-refractivity contribution in [3.05, 3.63) is 29.8 Å². The number of methoxy groups -OCH3 is 1. The summed E-state index contributed by atoms with van der Waals surface area (Å²) in [6.07, 6.45) is 4.76. The topological polar surface area (TPSA) is 38.3 Å². The molecule has 1 fully saturated rings. The van der Waals surface area contributed by atoms with Gasteiger partial charge in [-0.05, 0) is 48.8 Å². The Labute approximate surface area is 121 Å². The van der Waals surface area contributed by atoms with Gasteiger partial charge in [0.15, 0.2) is 0 Å². The van der Waals surface area contributed by atoms with E-state index in [1.165, 1.54) is 12.0 Å². The Morgan fingerprint density at radius 2 is 2.05 bits per heavy atom. The van der Waals surface area contributed by atoms with Gasteiger partial charge in [-0.15, -0.1) is 0 Å². The minimum Gasteiger partial charge on any atom is -0.497 e. The zero-order valence-electron chi connectivity index (χ0n) is 12.7. The van der Waals surface area contributed by atoms with E-state index in [1.807, 2.05) is 24.3 Å². The SMILES string of the molecule is COc1ccc(CCC(=O)NC2CCC(C)(C)C2)cc1. The van der Waals surface area contributed by atoms with Gasteiger partial charge >= 0.3 is 0 Å². The number of benzene rings is 1. The highest BCUT2D eigenvalue weighted by Crippen LogP contribution is 2.36. The molecular weight excluding hydrogens is 250 g/mol. The number of hydrogen-bond donors (Lipinski definition) is 1. The van der Waals surface area contributed by atoms with Crippen molar-refractivity contribution in [3.8, 4) is 5.75 Å². The van der Waals surface area contributed by atoms with Crippen molar-refractivity contribution in [2.45, 2.75) is 52.0 Å². The Hall–Kier alpha value is -1.51. The Morgan fingerprint density at radius 3 is 2.60 bits per heavy atom. The number of rotatable bonds is 5. The molecule has 3 heteroatoms. The molecule has 2 rings (SSSR count). The normalized spacial score (nSPS) is 20.6. The van der Waals surface area contributed by atoms with Crippen LogP contribution in [0.1, 0.15) is 45.1 Å². The average Bonchev–Trinajstić information content (AvgIpc) is 2.76. The van der Waals surface area contributed by atoms with Gasteiger partial charge in [-0.3, -0.25) is 4.79 Å². The van der Waals surface area contributed by atoms with E-state index in [0.717, 1.165) is 25.0 Å². The Balaban J connectivity index is 1.74. The number of carbonyl (C=O) groups is 1. The monoisotopic (exact) mass is 275 g/mol. The molecule has 0 saturated heterocycles. The van der Waals surface area contributed by atoms with Crippen LogP contribution in [-0.2, 0) is 11.2 Å². The summed E-state index contributed by atoms with van der Waals surface area (Å²) in [5.74, 6) is 1.02. The quantitative estimate of drug-likeness (QED) is 0.895. The Bertz CT molecular complexity index is 451. The van der Waals surface area contributed by atoms with Gasteiger partial charge in [-0.1, -0.05) is 26.0 Å². The van der Waals surface area contributed by atoms with Crippen LogP contribution in [0.2, 0.25) is 0 Å². The molecule has 3 nitrogen and oxygen atoms in total. The van der Waals surface area contributed by atoms with E-state index in [1.54, 1.807) is 7.11 Å². The molecule has 0 radical (unpaired) electrons. The Kier molecular flexibility index (Phi) is 4.69. The summed E-state index contributed by atoms with van der Waals surface area (Å²) in [7, 11) is 1.66. The van der Waals surface area contributed by atoms with Crippen molar-refractivity contribution in [1.82, 2.24) is 5.32 Å². The molecule has 1 amide bonds. The van der Waals surface area contributed by atoms with Gasteiger partial charge in [0.2, 0.25) is 5.91 Å². The summed E-state index contributed by atoms with van der Waals surface area (Å²) in [6.45, 7) is 4.55. The maximum Gasteiger partial charge on any atom is 0.220 e. The van der Waals surface area contributed by atoms with Gasteiger partial charge in [-0.2, -0.15) is 0 Å². The second-order valence-electron chi connectivity index (χ2n) is 6.52. The minimum absolute atomic E-state index is 0.170. The second kappa shape index (κ2) is 6.29. The molecule has 0 spiro atoms. The van der Waals surface area contributed by atoms with Gasteiger partial charge in [0.1, 0.15) is 5.75 Å². The fourth-order valence-corrected chi connectivity index (χ4v) is 2.91. The summed E-state index contributed by atoms with van der Waals surface area (Å²) < 4.78 is 5.12. The van der Waals surface area contributed by atoms with Gasteiger partial charge in [0.05, 0.1) is 7.11 Å². The van der Waals surface area contributed by atoms with Crippen molar-refractivity contribution in [1.29, 1.82) is 0 Å². The fourth-order valence-electron chi connectivity index (χ4n) is 2.91. The molecule has 1 atom stereocenters. The molecule has 1 aromatic rings. The lowest BCUT2D eigenvalue weighted by molar-refractivity contribution is -0.121. The largest absolute Gasteiger partial charge is 0.497 e. The molecule has 20 heavy (non-hydrogen) atoms. The van der Waals surface area contributed by atoms with E-state index in [0.29, 0.717) is 17.9 Å². The zero-order chi connectivity index (χ0) is 14.6. The smallest absolute Gasteiger partial charge is 0.220 e. The number of ether oxygens (including phenoxy) is 1.